The normalized spacial score (nSPS) is 19.9. The van der Waals surface area contributed by atoms with E-state index in [-0.39, 0.29) is 17.7 Å². The first-order chi connectivity index (χ1) is 9.62. The van der Waals surface area contributed by atoms with Gasteiger partial charge in [-0.25, -0.2) is 18.1 Å². The van der Waals surface area contributed by atoms with Crippen LogP contribution in [0.15, 0.2) is 23.4 Å². The Labute approximate surface area is 118 Å². The highest BCUT2D eigenvalue weighted by molar-refractivity contribution is 7.89. The van der Waals surface area contributed by atoms with Gasteiger partial charge in [0.25, 0.3) is 10.0 Å². The first-order valence-electron chi connectivity index (χ1n) is 6.40. The molecule has 1 aliphatic rings. The molecule has 0 saturated carbocycles. The van der Waals surface area contributed by atoms with Crippen LogP contribution < -0.4 is 10.0 Å². The van der Waals surface area contributed by atoms with E-state index in [0.29, 0.717) is 26.4 Å². The van der Waals surface area contributed by atoms with Crippen molar-refractivity contribution in [3.63, 3.8) is 0 Å². The molecule has 1 aromatic rings. The Balaban J connectivity index is 1.94. The molecule has 1 unspecified atom stereocenters. The molecule has 0 aliphatic carbocycles. The molecule has 1 aromatic heterocycles. The van der Waals surface area contributed by atoms with Crippen LogP contribution in [0.25, 0.3) is 0 Å². The van der Waals surface area contributed by atoms with E-state index >= 15 is 0 Å². The van der Waals surface area contributed by atoms with Gasteiger partial charge in [-0.05, 0) is 18.7 Å². The molecule has 0 bridgehead atoms. The Morgan fingerprint density at radius 2 is 2.25 bits per heavy atom. The van der Waals surface area contributed by atoms with E-state index in [1.807, 2.05) is 7.05 Å². The fraction of sp³-hybridized carbons (Fsp3) is 0.583. The minimum atomic E-state index is -3.61. The third kappa shape index (κ3) is 4.22. The van der Waals surface area contributed by atoms with Crippen LogP contribution in [0.4, 0.5) is 0 Å². The standard InChI is InChI=1S/C12H19N3O4S/c1-13-6-10-2-3-12(14-7-10)20(16,17)15-8-11-9-18-4-5-19-11/h2-3,7,11,13,15H,4-6,8-9H2,1H3. The summed E-state index contributed by atoms with van der Waals surface area (Å²) in [5.41, 5.74) is 0.926. The SMILES string of the molecule is CNCc1ccc(S(=O)(=O)NCC2COCCO2)nc1. The fourth-order valence-electron chi connectivity index (χ4n) is 1.81. The van der Waals surface area contributed by atoms with E-state index in [2.05, 4.69) is 15.0 Å². The van der Waals surface area contributed by atoms with E-state index in [9.17, 15) is 8.42 Å². The summed E-state index contributed by atoms with van der Waals surface area (Å²) in [6, 6.07) is 3.23. The summed E-state index contributed by atoms with van der Waals surface area (Å²) in [7, 11) is -1.79. The smallest absolute Gasteiger partial charge is 0.258 e. The van der Waals surface area contributed by atoms with Crippen LogP contribution in [-0.4, -0.2) is 52.9 Å². The van der Waals surface area contributed by atoms with Gasteiger partial charge in [-0.15, -0.1) is 0 Å². The number of ether oxygens (including phenoxy) is 2. The molecule has 20 heavy (non-hydrogen) atoms. The van der Waals surface area contributed by atoms with Gasteiger partial charge in [0.1, 0.15) is 0 Å². The zero-order valence-electron chi connectivity index (χ0n) is 11.3. The molecule has 0 aromatic carbocycles. The van der Waals surface area contributed by atoms with E-state index in [1.54, 1.807) is 12.3 Å². The number of rotatable bonds is 6. The van der Waals surface area contributed by atoms with Crippen LogP contribution in [0.3, 0.4) is 0 Å². The molecule has 1 fully saturated rings. The van der Waals surface area contributed by atoms with Crippen LogP contribution in [0.2, 0.25) is 0 Å². The van der Waals surface area contributed by atoms with Crippen molar-refractivity contribution in [2.45, 2.75) is 17.7 Å². The molecule has 2 heterocycles. The molecule has 0 amide bonds. The average Bonchev–Trinajstić information content (AvgIpc) is 2.47. The van der Waals surface area contributed by atoms with Crippen molar-refractivity contribution < 1.29 is 17.9 Å². The van der Waals surface area contributed by atoms with Gasteiger partial charge in [-0.1, -0.05) is 6.07 Å². The Morgan fingerprint density at radius 3 is 2.85 bits per heavy atom. The summed E-state index contributed by atoms with van der Waals surface area (Å²) >= 11 is 0. The number of aromatic nitrogens is 1. The lowest BCUT2D eigenvalue weighted by atomic mass is 10.3. The predicted octanol–water partition coefficient (Wildman–Crippen LogP) is -0.505. The Kier molecular flexibility index (Phi) is 5.44. The van der Waals surface area contributed by atoms with Crippen LogP contribution in [0, 0.1) is 0 Å². The summed E-state index contributed by atoms with van der Waals surface area (Å²) in [5.74, 6) is 0. The van der Waals surface area contributed by atoms with Crippen molar-refractivity contribution in [2.75, 3.05) is 33.4 Å². The van der Waals surface area contributed by atoms with Gasteiger partial charge in [0.05, 0.1) is 25.9 Å². The van der Waals surface area contributed by atoms with Crippen LogP contribution in [0.5, 0.6) is 0 Å². The summed E-state index contributed by atoms with van der Waals surface area (Å²) in [4.78, 5) is 3.97. The third-order valence-corrected chi connectivity index (χ3v) is 4.18. The Hall–Kier alpha value is -1.06. The molecule has 2 rings (SSSR count). The van der Waals surface area contributed by atoms with E-state index in [1.165, 1.54) is 6.07 Å². The molecule has 2 N–H and O–H groups in total. The highest BCUT2D eigenvalue weighted by atomic mass is 32.2. The zero-order valence-corrected chi connectivity index (χ0v) is 12.1. The van der Waals surface area contributed by atoms with E-state index in [0.717, 1.165) is 5.56 Å². The van der Waals surface area contributed by atoms with Gasteiger partial charge in [-0.2, -0.15) is 0 Å². The Bertz CT molecular complexity index is 512. The number of nitrogens with zero attached hydrogens (tertiary/aromatic N) is 1. The first-order valence-corrected chi connectivity index (χ1v) is 7.88. The summed E-state index contributed by atoms with van der Waals surface area (Å²) < 4.78 is 37.2. The van der Waals surface area contributed by atoms with Crippen molar-refractivity contribution in [3.8, 4) is 0 Å². The van der Waals surface area contributed by atoms with Crippen molar-refractivity contribution in [1.82, 2.24) is 15.0 Å². The predicted molar refractivity (Wildman–Crippen MR) is 72.7 cm³/mol. The number of nitrogens with one attached hydrogen (secondary N) is 2. The average molecular weight is 301 g/mol. The largest absolute Gasteiger partial charge is 0.376 e. The second kappa shape index (κ2) is 7.09. The molecular formula is C12H19N3O4S. The van der Waals surface area contributed by atoms with Crippen molar-refractivity contribution in [1.29, 1.82) is 0 Å². The minimum absolute atomic E-state index is 0.00841. The number of hydrogen-bond donors (Lipinski definition) is 2. The van der Waals surface area contributed by atoms with Gasteiger partial charge in [-0.3, -0.25) is 0 Å². The maximum atomic E-state index is 12.1. The lowest BCUT2D eigenvalue weighted by Gasteiger charge is -2.22. The lowest BCUT2D eigenvalue weighted by molar-refractivity contribution is -0.0847. The molecule has 8 heteroatoms. The molecule has 0 radical (unpaired) electrons. The van der Waals surface area contributed by atoms with E-state index < -0.39 is 10.0 Å². The summed E-state index contributed by atoms with van der Waals surface area (Å²) in [6.07, 6.45) is 1.30. The highest BCUT2D eigenvalue weighted by Gasteiger charge is 2.20. The topological polar surface area (TPSA) is 89.6 Å². The van der Waals surface area contributed by atoms with Gasteiger partial charge in [0, 0.05) is 19.3 Å². The Morgan fingerprint density at radius 1 is 1.40 bits per heavy atom. The maximum absolute atomic E-state index is 12.1. The molecule has 112 valence electrons. The summed E-state index contributed by atoms with van der Waals surface area (Å²) in [6.45, 7) is 2.27. The quantitative estimate of drug-likeness (QED) is 0.736. The maximum Gasteiger partial charge on any atom is 0.258 e. The van der Waals surface area contributed by atoms with Crippen LogP contribution in [0.1, 0.15) is 5.56 Å². The lowest BCUT2D eigenvalue weighted by Crippen LogP contribution is -2.39. The van der Waals surface area contributed by atoms with Gasteiger partial charge >= 0.3 is 0 Å². The molecular weight excluding hydrogens is 282 g/mol. The second-order valence-electron chi connectivity index (χ2n) is 4.45. The number of hydrogen-bond acceptors (Lipinski definition) is 6. The zero-order chi connectivity index (χ0) is 14.4. The second-order valence-corrected chi connectivity index (χ2v) is 6.17. The fourth-order valence-corrected chi connectivity index (χ4v) is 2.80. The number of sulfonamides is 1. The van der Waals surface area contributed by atoms with Crippen LogP contribution in [-0.2, 0) is 26.0 Å². The minimum Gasteiger partial charge on any atom is -0.376 e. The monoisotopic (exact) mass is 301 g/mol. The highest BCUT2D eigenvalue weighted by Crippen LogP contribution is 2.07. The van der Waals surface area contributed by atoms with Crippen LogP contribution >= 0.6 is 0 Å². The van der Waals surface area contributed by atoms with Crippen molar-refractivity contribution >= 4 is 10.0 Å². The summed E-state index contributed by atoms with van der Waals surface area (Å²) in [5, 5.41) is 2.98. The van der Waals surface area contributed by atoms with Crippen molar-refractivity contribution in [2.24, 2.45) is 0 Å². The third-order valence-electron chi connectivity index (χ3n) is 2.84. The van der Waals surface area contributed by atoms with Gasteiger partial charge in [0.15, 0.2) is 5.03 Å². The molecule has 1 saturated heterocycles. The first kappa shape index (κ1) is 15.3. The molecule has 0 spiro atoms. The molecule has 1 atom stereocenters. The van der Waals surface area contributed by atoms with Crippen molar-refractivity contribution in [3.05, 3.63) is 23.9 Å². The molecule has 1 aliphatic heterocycles. The van der Waals surface area contributed by atoms with Gasteiger partial charge in [0.2, 0.25) is 0 Å². The number of pyridine rings is 1. The van der Waals surface area contributed by atoms with Gasteiger partial charge < -0.3 is 14.8 Å². The van der Waals surface area contributed by atoms with E-state index in [4.69, 9.17) is 9.47 Å². The molecule has 7 nitrogen and oxygen atoms in total.